The summed E-state index contributed by atoms with van der Waals surface area (Å²) in [5, 5.41) is 13.2. The fraction of sp³-hybridized carbons (Fsp3) is 0.529. The first-order valence-electron chi connectivity index (χ1n) is 7.87. The van der Waals surface area contributed by atoms with Gasteiger partial charge in [0.2, 0.25) is 5.91 Å². The largest absolute Gasteiger partial charge is 0.491 e. The van der Waals surface area contributed by atoms with E-state index >= 15 is 0 Å². The number of nitrogens with one attached hydrogen (secondary N) is 1. The van der Waals surface area contributed by atoms with E-state index in [1.165, 1.54) is 11.8 Å². The summed E-state index contributed by atoms with van der Waals surface area (Å²) in [6.45, 7) is 4.65. The summed E-state index contributed by atoms with van der Waals surface area (Å²) in [7, 11) is 0. The summed E-state index contributed by atoms with van der Waals surface area (Å²) in [6, 6.07) is 7.65. The van der Waals surface area contributed by atoms with Crippen molar-refractivity contribution in [2.45, 2.75) is 32.3 Å². The van der Waals surface area contributed by atoms with Crippen molar-refractivity contribution in [3.05, 3.63) is 29.8 Å². The first-order chi connectivity index (χ1) is 10.9. The Morgan fingerprint density at radius 1 is 1.39 bits per heavy atom. The number of benzene rings is 1. The van der Waals surface area contributed by atoms with E-state index in [9.17, 15) is 14.7 Å². The molecule has 1 aliphatic heterocycles. The molecule has 0 unspecified atom stereocenters. The van der Waals surface area contributed by atoms with Gasteiger partial charge in [-0.05, 0) is 31.4 Å². The van der Waals surface area contributed by atoms with E-state index in [1.54, 1.807) is 0 Å². The Morgan fingerprint density at radius 2 is 2.13 bits per heavy atom. The van der Waals surface area contributed by atoms with Gasteiger partial charge in [0, 0.05) is 13.5 Å². The fourth-order valence-electron chi connectivity index (χ4n) is 2.70. The van der Waals surface area contributed by atoms with Crippen LogP contribution < -0.4 is 10.1 Å². The minimum atomic E-state index is -1.51. The molecular formula is C17H24N2O4. The number of β-amino-alcohol motifs (C(OH)–C–C–N with tert-alkyl or cyclic N) is 1. The Morgan fingerprint density at radius 3 is 2.83 bits per heavy atom. The van der Waals surface area contributed by atoms with E-state index in [0.717, 1.165) is 11.3 Å². The highest BCUT2D eigenvalue weighted by Gasteiger charge is 2.40. The molecule has 1 aromatic rings. The van der Waals surface area contributed by atoms with Gasteiger partial charge in [-0.25, -0.2) is 0 Å². The number of carbonyl (C=O) groups is 2. The monoisotopic (exact) mass is 320 g/mol. The zero-order valence-corrected chi connectivity index (χ0v) is 13.7. The zero-order valence-electron chi connectivity index (χ0n) is 13.7. The van der Waals surface area contributed by atoms with Gasteiger partial charge in [0.25, 0.3) is 5.91 Å². The van der Waals surface area contributed by atoms with Crippen molar-refractivity contribution in [1.29, 1.82) is 0 Å². The van der Waals surface area contributed by atoms with Crippen LogP contribution in [0.1, 0.15) is 25.3 Å². The average Bonchev–Trinajstić information content (AvgIpc) is 2.53. The molecule has 1 saturated heterocycles. The number of hydrogen-bond acceptors (Lipinski definition) is 4. The molecule has 1 fully saturated rings. The Bertz CT molecular complexity index is 575. The molecule has 2 N–H and O–H groups in total. The van der Waals surface area contributed by atoms with Crippen LogP contribution >= 0.6 is 0 Å². The average molecular weight is 320 g/mol. The van der Waals surface area contributed by atoms with Crippen LogP contribution in [0.3, 0.4) is 0 Å². The first-order valence-corrected chi connectivity index (χ1v) is 7.87. The second kappa shape index (κ2) is 7.46. The Balaban J connectivity index is 1.80. The number of para-hydroxylation sites is 1. The van der Waals surface area contributed by atoms with Crippen molar-refractivity contribution in [1.82, 2.24) is 10.2 Å². The molecule has 23 heavy (non-hydrogen) atoms. The fourth-order valence-corrected chi connectivity index (χ4v) is 2.70. The number of aryl methyl sites for hydroxylation is 1. The number of piperidine rings is 1. The van der Waals surface area contributed by atoms with E-state index in [4.69, 9.17) is 4.74 Å². The Labute approximate surface area is 136 Å². The van der Waals surface area contributed by atoms with Gasteiger partial charge in [-0.1, -0.05) is 18.2 Å². The molecule has 6 nitrogen and oxygen atoms in total. The van der Waals surface area contributed by atoms with Crippen LogP contribution in [0.15, 0.2) is 24.3 Å². The summed E-state index contributed by atoms with van der Waals surface area (Å²) in [5.74, 6) is 0.205. The predicted octanol–water partition coefficient (Wildman–Crippen LogP) is 0.863. The summed E-state index contributed by atoms with van der Waals surface area (Å²) < 4.78 is 5.61. The normalized spacial score (nSPS) is 20.9. The third-order valence-corrected chi connectivity index (χ3v) is 4.08. The van der Waals surface area contributed by atoms with Gasteiger partial charge in [0.1, 0.15) is 12.4 Å². The van der Waals surface area contributed by atoms with Crippen LogP contribution in [0.4, 0.5) is 0 Å². The molecule has 2 rings (SSSR count). The highest BCUT2D eigenvalue weighted by atomic mass is 16.5. The van der Waals surface area contributed by atoms with E-state index in [1.807, 2.05) is 31.2 Å². The number of aliphatic hydroxyl groups is 1. The maximum atomic E-state index is 12.2. The van der Waals surface area contributed by atoms with Crippen molar-refractivity contribution in [3.8, 4) is 5.75 Å². The lowest BCUT2D eigenvalue weighted by Crippen LogP contribution is -2.58. The van der Waals surface area contributed by atoms with E-state index < -0.39 is 11.5 Å². The quantitative estimate of drug-likeness (QED) is 0.789. The minimum Gasteiger partial charge on any atom is -0.491 e. The molecule has 6 heteroatoms. The van der Waals surface area contributed by atoms with Crippen LogP contribution in [0.25, 0.3) is 0 Å². The highest BCUT2D eigenvalue weighted by Crippen LogP contribution is 2.21. The summed E-state index contributed by atoms with van der Waals surface area (Å²) >= 11 is 0. The van der Waals surface area contributed by atoms with Gasteiger partial charge in [-0.15, -0.1) is 0 Å². The zero-order chi connectivity index (χ0) is 16.9. The van der Waals surface area contributed by atoms with E-state index in [2.05, 4.69) is 5.32 Å². The molecule has 0 saturated carbocycles. The minimum absolute atomic E-state index is 0.0484. The number of amides is 2. The van der Waals surface area contributed by atoms with Crippen LogP contribution in [0.5, 0.6) is 5.75 Å². The summed E-state index contributed by atoms with van der Waals surface area (Å²) in [4.78, 5) is 25.1. The van der Waals surface area contributed by atoms with E-state index in [0.29, 0.717) is 32.5 Å². The smallest absolute Gasteiger partial charge is 0.253 e. The Hall–Kier alpha value is -2.08. The van der Waals surface area contributed by atoms with Crippen molar-refractivity contribution >= 4 is 11.8 Å². The van der Waals surface area contributed by atoms with Crippen molar-refractivity contribution < 1.29 is 19.4 Å². The molecule has 1 aromatic carbocycles. The van der Waals surface area contributed by atoms with E-state index in [-0.39, 0.29) is 12.5 Å². The van der Waals surface area contributed by atoms with Gasteiger partial charge in [0.05, 0.1) is 13.1 Å². The van der Waals surface area contributed by atoms with Crippen molar-refractivity contribution in [2.75, 3.05) is 26.2 Å². The van der Waals surface area contributed by atoms with Gasteiger partial charge >= 0.3 is 0 Å². The standard InChI is InChI=1S/C17H24N2O4/c1-13-6-3-4-7-15(13)23-11-9-18-16(21)17(22)8-5-10-19(12-17)14(2)20/h3-4,6-7,22H,5,8-12H2,1-2H3,(H,18,21)/t17-/m0/s1. The molecule has 1 heterocycles. The van der Waals surface area contributed by atoms with Crippen LogP contribution in [-0.2, 0) is 9.59 Å². The maximum absolute atomic E-state index is 12.2. The lowest BCUT2D eigenvalue weighted by Gasteiger charge is -2.37. The maximum Gasteiger partial charge on any atom is 0.253 e. The van der Waals surface area contributed by atoms with Crippen molar-refractivity contribution in [2.24, 2.45) is 0 Å². The molecule has 0 radical (unpaired) electrons. The summed E-state index contributed by atoms with van der Waals surface area (Å²) in [5.41, 5.74) is -0.478. The molecule has 2 amide bonds. The second-order valence-electron chi connectivity index (χ2n) is 5.95. The third-order valence-electron chi connectivity index (χ3n) is 4.08. The first kappa shape index (κ1) is 17.3. The molecule has 1 aliphatic rings. The van der Waals surface area contributed by atoms with Crippen LogP contribution in [0.2, 0.25) is 0 Å². The number of carbonyl (C=O) groups excluding carboxylic acids is 2. The number of hydrogen-bond donors (Lipinski definition) is 2. The van der Waals surface area contributed by atoms with Gasteiger partial charge in [-0.2, -0.15) is 0 Å². The summed E-state index contributed by atoms with van der Waals surface area (Å²) in [6.07, 6.45) is 0.977. The molecular weight excluding hydrogens is 296 g/mol. The van der Waals surface area contributed by atoms with Crippen LogP contribution in [0, 0.1) is 6.92 Å². The molecule has 1 atom stereocenters. The topological polar surface area (TPSA) is 78.9 Å². The number of rotatable bonds is 5. The van der Waals surface area contributed by atoms with Crippen LogP contribution in [-0.4, -0.2) is 53.7 Å². The second-order valence-corrected chi connectivity index (χ2v) is 5.95. The SMILES string of the molecule is CC(=O)N1CCC[C@@](O)(C(=O)NCCOc2ccccc2C)C1. The van der Waals surface area contributed by atoms with Crippen molar-refractivity contribution in [3.63, 3.8) is 0 Å². The molecule has 0 bridgehead atoms. The predicted molar refractivity (Wildman–Crippen MR) is 86.1 cm³/mol. The highest BCUT2D eigenvalue weighted by molar-refractivity contribution is 5.86. The van der Waals surface area contributed by atoms with Gasteiger partial charge in [-0.3, -0.25) is 9.59 Å². The number of ether oxygens (including phenoxy) is 1. The van der Waals surface area contributed by atoms with Gasteiger partial charge in [0.15, 0.2) is 5.60 Å². The lowest BCUT2D eigenvalue weighted by molar-refractivity contribution is -0.150. The molecule has 126 valence electrons. The third kappa shape index (κ3) is 4.45. The van der Waals surface area contributed by atoms with Gasteiger partial charge < -0.3 is 20.1 Å². The molecule has 0 aromatic heterocycles. The number of nitrogens with zero attached hydrogens (tertiary/aromatic N) is 1. The Kier molecular flexibility index (Phi) is 5.60. The number of likely N-dealkylation sites (tertiary alicyclic amines) is 1. The lowest BCUT2D eigenvalue weighted by atomic mass is 9.92. The molecule has 0 spiro atoms. The molecule has 0 aliphatic carbocycles.